The van der Waals surface area contributed by atoms with Crippen LogP contribution >= 0.6 is 11.3 Å². The Morgan fingerprint density at radius 2 is 2.07 bits per heavy atom. The van der Waals surface area contributed by atoms with Crippen LogP contribution < -0.4 is 15.0 Å². The number of nitrogens with one attached hydrogen (secondary N) is 1. The minimum absolute atomic E-state index is 0.0226. The minimum atomic E-state index is -0.0226. The van der Waals surface area contributed by atoms with Gasteiger partial charge in [-0.1, -0.05) is 11.3 Å². The number of fused-ring (bicyclic) bond motifs is 1. The number of anilines is 1. The molecule has 0 aromatic carbocycles. The molecule has 1 fully saturated rings. The number of pyridine rings is 1. The molecule has 154 valence electrons. The summed E-state index contributed by atoms with van der Waals surface area (Å²) in [5.74, 6) is 1.13. The number of carbonyl (C=O) groups excluding carboxylic acids is 1. The zero-order chi connectivity index (χ0) is 20.1. The molecule has 1 amide bonds. The van der Waals surface area contributed by atoms with Gasteiger partial charge in [-0.25, -0.2) is 9.97 Å². The largest absolute Gasteiger partial charge is 0.477 e. The number of thiazole rings is 1. The van der Waals surface area contributed by atoms with Crippen LogP contribution in [0.1, 0.15) is 40.5 Å². The van der Waals surface area contributed by atoms with Gasteiger partial charge in [0.05, 0.1) is 19.3 Å². The summed E-state index contributed by atoms with van der Waals surface area (Å²) in [5, 5.41) is 3.84. The zero-order valence-corrected chi connectivity index (χ0v) is 17.9. The molecule has 0 saturated heterocycles. The Bertz CT molecular complexity index is 787. The van der Waals surface area contributed by atoms with Crippen LogP contribution in [0.3, 0.4) is 0 Å². The lowest BCUT2D eigenvalue weighted by atomic mass is 9.83. The minimum Gasteiger partial charge on any atom is -0.477 e. The maximum atomic E-state index is 11.0. The summed E-state index contributed by atoms with van der Waals surface area (Å²) in [5.41, 5.74) is 0.921. The molecule has 0 aliphatic heterocycles. The van der Waals surface area contributed by atoms with Gasteiger partial charge in [-0.2, -0.15) is 0 Å². The number of hydrogen-bond acceptors (Lipinski definition) is 7. The first kappa shape index (κ1) is 20.8. The predicted octanol–water partition coefficient (Wildman–Crippen LogP) is 3.24. The Balaban J connectivity index is 1.43. The average Bonchev–Trinajstić information content (AvgIpc) is 3.03. The van der Waals surface area contributed by atoms with Crippen molar-refractivity contribution in [1.82, 2.24) is 15.3 Å². The van der Waals surface area contributed by atoms with Crippen molar-refractivity contribution in [2.24, 2.45) is 5.92 Å². The number of ether oxygens (including phenoxy) is 2. The van der Waals surface area contributed by atoms with Crippen LogP contribution in [0.4, 0.5) is 5.13 Å². The second kappa shape index (κ2) is 9.52. The first-order valence-electron chi connectivity index (χ1n) is 10.0. The van der Waals surface area contributed by atoms with Crippen LogP contribution in [0.2, 0.25) is 0 Å². The van der Waals surface area contributed by atoms with Gasteiger partial charge in [0.15, 0.2) is 5.13 Å². The average molecular weight is 407 g/mol. The van der Waals surface area contributed by atoms with E-state index in [4.69, 9.17) is 9.47 Å². The van der Waals surface area contributed by atoms with E-state index in [9.17, 15) is 4.79 Å². The van der Waals surface area contributed by atoms with E-state index < -0.39 is 0 Å². The van der Waals surface area contributed by atoms with Crippen LogP contribution in [0.5, 0.6) is 5.88 Å². The Kier molecular flexibility index (Phi) is 7.07. The third kappa shape index (κ3) is 5.32. The maximum absolute atomic E-state index is 11.0. The van der Waals surface area contributed by atoms with Gasteiger partial charge in [0.2, 0.25) is 11.8 Å². The molecular weight excluding hydrogens is 376 g/mol. The van der Waals surface area contributed by atoms with Gasteiger partial charge in [-0.05, 0) is 45.6 Å². The summed E-state index contributed by atoms with van der Waals surface area (Å²) >= 11 is 1.61. The molecule has 1 aliphatic carbocycles. The Labute approximate surface area is 170 Å². The highest BCUT2D eigenvalue weighted by molar-refractivity contribution is 7.21. The van der Waals surface area contributed by atoms with Crippen molar-refractivity contribution in [2.45, 2.75) is 52.7 Å². The Morgan fingerprint density at radius 3 is 2.75 bits per heavy atom. The Morgan fingerprint density at radius 1 is 1.32 bits per heavy atom. The summed E-state index contributed by atoms with van der Waals surface area (Å²) < 4.78 is 11.7. The molecule has 3 rings (SSSR count). The van der Waals surface area contributed by atoms with E-state index in [0.717, 1.165) is 41.4 Å². The van der Waals surface area contributed by atoms with E-state index in [1.54, 1.807) is 11.3 Å². The van der Waals surface area contributed by atoms with Gasteiger partial charge in [-0.3, -0.25) is 4.79 Å². The predicted molar refractivity (Wildman–Crippen MR) is 112 cm³/mol. The fourth-order valence-electron chi connectivity index (χ4n) is 3.32. The van der Waals surface area contributed by atoms with Crippen molar-refractivity contribution in [3.05, 3.63) is 12.1 Å². The number of carbonyl (C=O) groups is 1. The van der Waals surface area contributed by atoms with E-state index in [-0.39, 0.29) is 18.1 Å². The maximum Gasteiger partial charge on any atom is 0.217 e. The second-order valence-electron chi connectivity index (χ2n) is 7.35. The smallest absolute Gasteiger partial charge is 0.217 e. The summed E-state index contributed by atoms with van der Waals surface area (Å²) in [6, 6.07) is 3.93. The lowest BCUT2D eigenvalue weighted by Crippen LogP contribution is -2.40. The van der Waals surface area contributed by atoms with E-state index in [1.807, 2.05) is 19.1 Å². The fourth-order valence-corrected chi connectivity index (χ4v) is 4.38. The molecule has 0 bridgehead atoms. The number of aromatic nitrogens is 2. The molecule has 28 heavy (non-hydrogen) atoms. The third-order valence-corrected chi connectivity index (χ3v) is 5.97. The molecule has 7 nitrogen and oxygen atoms in total. The number of hydrogen-bond donors (Lipinski definition) is 1. The van der Waals surface area contributed by atoms with E-state index >= 15 is 0 Å². The highest BCUT2D eigenvalue weighted by Crippen LogP contribution is 2.32. The summed E-state index contributed by atoms with van der Waals surface area (Å²) in [7, 11) is 0. The Hall–Kier alpha value is -1.93. The molecule has 1 atom stereocenters. The number of rotatable bonds is 10. The first-order chi connectivity index (χ1) is 13.5. The molecular formula is C20H30N4O3S. The molecule has 2 heterocycles. The second-order valence-corrected chi connectivity index (χ2v) is 8.30. The van der Waals surface area contributed by atoms with Crippen molar-refractivity contribution in [2.75, 3.05) is 31.2 Å². The van der Waals surface area contributed by atoms with Gasteiger partial charge in [0.25, 0.3) is 0 Å². The standard InChI is InChI=1S/C20H30N4O3S/c1-5-24(6-2)20-22-17-7-8-18(23-19(17)28-20)27-12-15-9-16(10-15)26-11-13(3)21-14(4)25/h7-8,13,15-16H,5-6,9-12H2,1-4H3,(H,21,25)/t13-,15?,16?/m0/s1. The normalized spacial score (nSPS) is 19.9. The lowest BCUT2D eigenvalue weighted by Gasteiger charge is -2.35. The monoisotopic (exact) mass is 406 g/mol. The molecule has 8 heteroatoms. The van der Waals surface area contributed by atoms with Crippen LogP contribution in [0, 0.1) is 5.92 Å². The molecule has 2 aromatic heterocycles. The SMILES string of the molecule is CCN(CC)c1nc2ccc(OCC3CC(OC[C@H](C)NC(C)=O)C3)nc2s1. The highest BCUT2D eigenvalue weighted by atomic mass is 32.1. The molecule has 0 radical (unpaired) electrons. The van der Waals surface area contributed by atoms with Crippen LogP contribution in [0.15, 0.2) is 12.1 Å². The van der Waals surface area contributed by atoms with Crippen LogP contribution in [-0.4, -0.2) is 54.3 Å². The van der Waals surface area contributed by atoms with Crippen molar-refractivity contribution in [1.29, 1.82) is 0 Å². The van der Waals surface area contributed by atoms with Crippen LogP contribution in [-0.2, 0) is 9.53 Å². The first-order valence-corrected chi connectivity index (χ1v) is 10.8. The highest BCUT2D eigenvalue weighted by Gasteiger charge is 2.30. The molecule has 1 aliphatic rings. The lowest BCUT2D eigenvalue weighted by molar-refractivity contribution is -0.120. The summed E-state index contributed by atoms with van der Waals surface area (Å²) in [4.78, 5) is 23.4. The van der Waals surface area contributed by atoms with Gasteiger partial charge >= 0.3 is 0 Å². The fraction of sp³-hybridized carbons (Fsp3) is 0.650. The number of nitrogens with zero attached hydrogens (tertiary/aromatic N) is 3. The van der Waals surface area contributed by atoms with Crippen molar-refractivity contribution < 1.29 is 14.3 Å². The molecule has 1 N–H and O–H groups in total. The third-order valence-electron chi connectivity index (χ3n) is 4.94. The topological polar surface area (TPSA) is 76.6 Å². The van der Waals surface area contributed by atoms with Gasteiger partial charge in [-0.15, -0.1) is 0 Å². The van der Waals surface area contributed by atoms with Crippen molar-refractivity contribution in [3.63, 3.8) is 0 Å². The number of amides is 1. The molecule has 0 unspecified atom stereocenters. The molecule has 0 spiro atoms. The van der Waals surface area contributed by atoms with Gasteiger partial charge < -0.3 is 19.7 Å². The van der Waals surface area contributed by atoms with Gasteiger partial charge in [0, 0.05) is 32.1 Å². The van der Waals surface area contributed by atoms with E-state index in [1.165, 1.54) is 6.92 Å². The van der Waals surface area contributed by atoms with Crippen molar-refractivity contribution >= 4 is 32.7 Å². The zero-order valence-electron chi connectivity index (χ0n) is 17.1. The molecule has 2 aromatic rings. The quantitative estimate of drug-likeness (QED) is 0.653. The molecule has 1 saturated carbocycles. The summed E-state index contributed by atoms with van der Waals surface area (Å²) in [6.07, 6.45) is 2.24. The van der Waals surface area contributed by atoms with Crippen molar-refractivity contribution in [3.8, 4) is 5.88 Å². The van der Waals surface area contributed by atoms with E-state index in [0.29, 0.717) is 25.0 Å². The van der Waals surface area contributed by atoms with Gasteiger partial charge in [0.1, 0.15) is 10.3 Å². The summed E-state index contributed by atoms with van der Waals surface area (Å²) in [6.45, 7) is 10.8. The van der Waals surface area contributed by atoms with E-state index in [2.05, 4.69) is 34.0 Å². The van der Waals surface area contributed by atoms with Crippen LogP contribution in [0.25, 0.3) is 10.3 Å².